The highest BCUT2D eigenvalue weighted by atomic mass is 79.9. The smallest absolute Gasteiger partial charge is 0.255 e. The topological polar surface area (TPSA) is 55.1 Å². The third-order valence-electron chi connectivity index (χ3n) is 2.77. The van der Waals surface area contributed by atoms with Crippen LogP contribution in [-0.2, 0) is 6.42 Å². The number of hydrogen-bond acceptors (Lipinski definition) is 2. The molecule has 2 aromatic carbocycles. The highest BCUT2D eigenvalue weighted by Crippen LogP contribution is 2.18. The van der Waals surface area contributed by atoms with Crippen LogP contribution in [0.4, 0.5) is 10.1 Å². The van der Waals surface area contributed by atoms with E-state index in [4.69, 9.17) is 18.0 Å². The largest absolute Gasteiger partial charge is 0.393 e. The number of anilines is 1. The molecule has 0 aromatic heterocycles. The van der Waals surface area contributed by atoms with Gasteiger partial charge >= 0.3 is 0 Å². The highest BCUT2D eigenvalue weighted by Gasteiger charge is 2.09. The molecule has 0 unspecified atom stereocenters. The number of hydrogen-bond donors (Lipinski definition) is 2. The van der Waals surface area contributed by atoms with E-state index >= 15 is 0 Å². The monoisotopic (exact) mass is 366 g/mol. The number of carbonyl (C=O) groups excluding carboxylic acids is 1. The molecular formula is C15H12BrFN2OS. The summed E-state index contributed by atoms with van der Waals surface area (Å²) in [7, 11) is 0. The molecule has 0 radical (unpaired) electrons. The zero-order valence-electron chi connectivity index (χ0n) is 10.9. The molecule has 1 amide bonds. The van der Waals surface area contributed by atoms with E-state index in [1.54, 1.807) is 18.2 Å². The Hall–Kier alpha value is -1.79. The fraction of sp³-hybridized carbons (Fsp3) is 0.0667. The van der Waals surface area contributed by atoms with Crippen LogP contribution < -0.4 is 11.1 Å². The Bertz CT molecular complexity index is 689. The first-order valence-corrected chi connectivity index (χ1v) is 7.29. The lowest BCUT2D eigenvalue weighted by Gasteiger charge is -2.07. The van der Waals surface area contributed by atoms with Crippen LogP contribution in [0.1, 0.15) is 15.9 Å². The zero-order chi connectivity index (χ0) is 15.4. The van der Waals surface area contributed by atoms with Crippen molar-refractivity contribution in [2.24, 2.45) is 5.73 Å². The van der Waals surface area contributed by atoms with E-state index in [0.29, 0.717) is 21.6 Å². The summed E-state index contributed by atoms with van der Waals surface area (Å²) in [5.74, 6) is -0.849. The van der Waals surface area contributed by atoms with Crippen molar-refractivity contribution in [1.82, 2.24) is 0 Å². The van der Waals surface area contributed by atoms with Crippen molar-refractivity contribution in [3.8, 4) is 0 Å². The van der Waals surface area contributed by atoms with Gasteiger partial charge in [-0.15, -0.1) is 0 Å². The second-order valence-electron chi connectivity index (χ2n) is 4.42. The van der Waals surface area contributed by atoms with Crippen molar-refractivity contribution < 1.29 is 9.18 Å². The second-order valence-corrected chi connectivity index (χ2v) is 5.80. The number of nitrogens with one attached hydrogen (secondary N) is 1. The van der Waals surface area contributed by atoms with Gasteiger partial charge in [0.25, 0.3) is 5.91 Å². The van der Waals surface area contributed by atoms with Crippen molar-refractivity contribution in [2.75, 3.05) is 5.32 Å². The van der Waals surface area contributed by atoms with Gasteiger partial charge in [0, 0.05) is 17.7 Å². The van der Waals surface area contributed by atoms with Gasteiger partial charge in [0.2, 0.25) is 0 Å². The molecular weight excluding hydrogens is 355 g/mol. The maximum atomic E-state index is 13.4. The maximum Gasteiger partial charge on any atom is 0.255 e. The summed E-state index contributed by atoms with van der Waals surface area (Å²) < 4.78 is 13.7. The van der Waals surface area contributed by atoms with E-state index in [1.165, 1.54) is 12.1 Å². The van der Waals surface area contributed by atoms with Gasteiger partial charge in [-0.1, -0.05) is 24.4 Å². The molecule has 0 saturated carbocycles. The third-order valence-corrected chi connectivity index (χ3v) is 3.56. The van der Waals surface area contributed by atoms with Crippen molar-refractivity contribution in [3.05, 3.63) is 63.9 Å². The van der Waals surface area contributed by atoms with Crippen LogP contribution in [0.25, 0.3) is 0 Å². The molecule has 2 aromatic rings. The molecule has 0 aliphatic heterocycles. The van der Waals surface area contributed by atoms with Gasteiger partial charge in [-0.25, -0.2) is 4.39 Å². The van der Waals surface area contributed by atoms with Gasteiger partial charge in [-0.3, -0.25) is 4.79 Å². The lowest BCUT2D eigenvalue weighted by Crippen LogP contribution is -2.13. The van der Waals surface area contributed by atoms with E-state index in [1.807, 2.05) is 12.1 Å². The maximum absolute atomic E-state index is 13.4. The van der Waals surface area contributed by atoms with Gasteiger partial charge in [0.15, 0.2) is 0 Å². The fourth-order valence-corrected chi connectivity index (χ4v) is 2.16. The first kappa shape index (κ1) is 15.6. The molecule has 2 rings (SSSR count). The summed E-state index contributed by atoms with van der Waals surface area (Å²) in [4.78, 5) is 12.4. The number of amides is 1. The minimum atomic E-state index is -0.477. The molecule has 0 spiro atoms. The fourth-order valence-electron chi connectivity index (χ4n) is 1.75. The normalized spacial score (nSPS) is 10.2. The van der Waals surface area contributed by atoms with Crippen LogP contribution in [0.2, 0.25) is 0 Å². The van der Waals surface area contributed by atoms with E-state index in [2.05, 4.69) is 21.2 Å². The molecule has 6 heteroatoms. The number of carbonyl (C=O) groups is 1. The average molecular weight is 367 g/mol. The zero-order valence-corrected chi connectivity index (χ0v) is 13.3. The Balaban J connectivity index is 2.08. The minimum Gasteiger partial charge on any atom is -0.393 e. The van der Waals surface area contributed by atoms with Gasteiger partial charge in [0.05, 0.1) is 9.46 Å². The number of benzene rings is 2. The van der Waals surface area contributed by atoms with Gasteiger partial charge in [-0.2, -0.15) is 0 Å². The number of halogens is 2. The third kappa shape index (κ3) is 4.34. The average Bonchev–Trinajstić information content (AvgIpc) is 2.43. The number of nitrogens with two attached hydrogens (primary N) is 1. The highest BCUT2D eigenvalue weighted by molar-refractivity contribution is 9.10. The Morgan fingerprint density at radius 1 is 1.24 bits per heavy atom. The Labute approximate surface area is 135 Å². The first-order valence-electron chi connectivity index (χ1n) is 6.09. The van der Waals surface area contributed by atoms with Crippen LogP contribution in [0.5, 0.6) is 0 Å². The van der Waals surface area contributed by atoms with Crippen molar-refractivity contribution in [3.63, 3.8) is 0 Å². The lowest BCUT2D eigenvalue weighted by molar-refractivity contribution is 0.102. The summed E-state index contributed by atoms with van der Waals surface area (Å²) in [5.41, 5.74) is 7.31. The van der Waals surface area contributed by atoms with Crippen molar-refractivity contribution in [2.45, 2.75) is 6.42 Å². The summed E-state index contributed by atoms with van der Waals surface area (Å²) in [6.45, 7) is 0. The molecule has 108 valence electrons. The molecule has 0 bridgehead atoms. The van der Waals surface area contributed by atoms with Crippen molar-refractivity contribution >= 4 is 44.7 Å². The van der Waals surface area contributed by atoms with Crippen LogP contribution in [-0.4, -0.2) is 10.9 Å². The van der Waals surface area contributed by atoms with Crippen LogP contribution in [0.15, 0.2) is 46.9 Å². The molecule has 0 atom stereocenters. The summed E-state index contributed by atoms with van der Waals surface area (Å²) in [6, 6.07) is 11.4. The Kier molecular flexibility index (Phi) is 5.03. The van der Waals surface area contributed by atoms with Gasteiger partial charge < -0.3 is 11.1 Å². The standard InChI is InChI=1S/C15H12BrFN2OS/c16-12-6-3-10(8-13(12)17)15(20)19-11-4-1-9(2-5-11)7-14(18)21/h1-6,8H,7H2,(H2,18,21)(H,19,20). The molecule has 0 aliphatic rings. The van der Waals surface area contributed by atoms with Crippen LogP contribution in [0, 0.1) is 5.82 Å². The molecule has 0 aliphatic carbocycles. The second kappa shape index (κ2) is 6.78. The molecule has 3 nitrogen and oxygen atoms in total. The number of rotatable bonds is 4. The van der Waals surface area contributed by atoms with E-state index in [9.17, 15) is 9.18 Å². The van der Waals surface area contributed by atoms with E-state index < -0.39 is 5.82 Å². The Morgan fingerprint density at radius 3 is 2.48 bits per heavy atom. The van der Waals surface area contributed by atoms with E-state index in [0.717, 1.165) is 5.56 Å². The molecule has 0 heterocycles. The SMILES string of the molecule is NC(=S)Cc1ccc(NC(=O)c2ccc(Br)c(F)c2)cc1. The first-order chi connectivity index (χ1) is 9.95. The quantitative estimate of drug-likeness (QED) is 0.811. The molecule has 3 N–H and O–H groups in total. The predicted molar refractivity (Wildman–Crippen MR) is 89.0 cm³/mol. The Morgan fingerprint density at radius 2 is 1.90 bits per heavy atom. The summed E-state index contributed by atoms with van der Waals surface area (Å²) >= 11 is 7.88. The summed E-state index contributed by atoms with van der Waals surface area (Å²) in [6.07, 6.45) is 0.515. The van der Waals surface area contributed by atoms with Gasteiger partial charge in [0.1, 0.15) is 5.82 Å². The van der Waals surface area contributed by atoms with E-state index in [-0.39, 0.29) is 11.5 Å². The number of thiocarbonyl (C=S) groups is 1. The molecule has 21 heavy (non-hydrogen) atoms. The van der Waals surface area contributed by atoms with Gasteiger partial charge in [-0.05, 0) is 51.8 Å². The lowest BCUT2D eigenvalue weighted by atomic mass is 10.1. The summed E-state index contributed by atoms with van der Waals surface area (Å²) in [5, 5.41) is 2.70. The van der Waals surface area contributed by atoms with Crippen LogP contribution in [0.3, 0.4) is 0 Å². The predicted octanol–water partition coefficient (Wildman–Crippen LogP) is 3.67. The van der Waals surface area contributed by atoms with Crippen LogP contribution >= 0.6 is 28.1 Å². The minimum absolute atomic E-state index is 0.253. The molecule has 0 fully saturated rings. The van der Waals surface area contributed by atoms with Crippen molar-refractivity contribution in [1.29, 1.82) is 0 Å². The molecule has 0 saturated heterocycles.